The Balaban J connectivity index is 2.83. The van der Waals surface area contributed by atoms with Crippen LogP contribution in [0.5, 0.6) is 0 Å². The molecule has 1 aromatic rings. The Hall–Kier alpha value is -0.0800. The maximum absolute atomic E-state index is 4.11. The molecule has 11 heavy (non-hydrogen) atoms. The smallest absolute Gasteiger partial charge is 0.0180 e. The first-order chi connectivity index (χ1) is 5.24. The molecule has 0 N–H and O–H groups in total. The highest BCUT2D eigenvalue weighted by Gasteiger charge is 1.97. The average molecular weight is 184 g/mol. The van der Waals surface area contributed by atoms with Gasteiger partial charge >= 0.3 is 0 Å². The molecule has 0 fully saturated rings. The summed E-state index contributed by atoms with van der Waals surface area (Å²) >= 11 is 4.11. The molecule has 0 nitrogen and oxygen atoms in total. The second kappa shape index (κ2) is 4.07. The number of hydrogen-bond donors (Lipinski definition) is 1. The van der Waals surface area contributed by atoms with E-state index in [2.05, 4.69) is 49.8 Å². The van der Waals surface area contributed by atoms with Crippen molar-refractivity contribution < 1.29 is 0 Å². The third-order valence-corrected chi connectivity index (χ3v) is 2.77. The summed E-state index contributed by atoms with van der Waals surface area (Å²) in [6, 6.07) is 8.52. The molecule has 2 heteroatoms. The van der Waals surface area contributed by atoms with Crippen molar-refractivity contribution in [3.05, 3.63) is 29.8 Å². The van der Waals surface area contributed by atoms with Gasteiger partial charge in [-0.3, -0.25) is 0 Å². The summed E-state index contributed by atoms with van der Waals surface area (Å²) in [5.74, 6) is 0.619. The predicted octanol–water partition coefficient (Wildman–Crippen LogP) is 3.75. The third-order valence-electron chi connectivity index (χ3n) is 1.65. The molecule has 0 aliphatic rings. The number of hydrogen-bond acceptors (Lipinski definition) is 2. The first-order valence-electron chi connectivity index (χ1n) is 3.65. The quantitative estimate of drug-likeness (QED) is 0.539. The van der Waals surface area contributed by atoms with Crippen molar-refractivity contribution in [2.75, 3.05) is 0 Å². The maximum Gasteiger partial charge on any atom is 0.0180 e. The van der Waals surface area contributed by atoms with Crippen LogP contribution in [0, 0.1) is 0 Å². The van der Waals surface area contributed by atoms with Crippen LogP contribution in [-0.2, 0) is 0 Å². The van der Waals surface area contributed by atoms with Gasteiger partial charge in [0.1, 0.15) is 0 Å². The molecular weight excluding hydrogens is 172 g/mol. The fourth-order valence-corrected chi connectivity index (χ4v) is 1.54. The lowest BCUT2D eigenvalue weighted by Crippen LogP contribution is -1.84. The molecule has 0 radical (unpaired) electrons. The van der Waals surface area contributed by atoms with Crippen molar-refractivity contribution in [3.8, 4) is 0 Å². The molecule has 0 aliphatic carbocycles. The minimum Gasteiger partial charge on any atom is -0.106 e. The zero-order valence-electron chi connectivity index (χ0n) is 6.74. The lowest BCUT2D eigenvalue weighted by atomic mass is 10.0. The van der Waals surface area contributed by atoms with E-state index in [1.165, 1.54) is 21.3 Å². The normalized spacial score (nSPS) is 10.5. The van der Waals surface area contributed by atoms with Gasteiger partial charge in [0.25, 0.3) is 0 Å². The van der Waals surface area contributed by atoms with Crippen LogP contribution in [0.3, 0.4) is 0 Å². The van der Waals surface area contributed by atoms with Crippen LogP contribution >= 0.6 is 22.5 Å². The van der Waals surface area contributed by atoms with E-state index in [-0.39, 0.29) is 0 Å². The van der Waals surface area contributed by atoms with E-state index in [0.717, 1.165) is 0 Å². The molecule has 0 unspecified atom stereocenters. The summed E-state index contributed by atoms with van der Waals surface area (Å²) in [4.78, 5) is 1.21. The molecule has 0 atom stereocenters. The van der Waals surface area contributed by atoms with Crippen LogP contribution in [0.4, 0.5) is 0 Å². The van der Waals surface area contributed by atoms with E-state index in [0.29, 0.717) is 5.92 Å². The maximum atomic E-state index is 4.11. The molecule has 0 aromatic heterocycles. The second-order valence-electron chi connectivity index (χ2n) is 2.82. The van der Waals surface area contributed by atoms with Gasteiger partial charge in [-0.25, -0.2) is 0 Å². The van der Waals surface area contributed by atoms with E-state index in [1.807, 2.05) is 0 Å². The molecule has 0 saturated heterocycles. The number of thiol groups is 1. The van der Waals surface area contributed by atoms with Crippen LogP contribution in [0.25, 0.3) is 0 Å². The van der Waals surface area contributed by atoms with Crippen molar-refractivity contribution in [2.24, 2.45) is 0 Å². The van der Waals surface area contributed by atoms with Crippen molar-refractivity contribution in [3.63, 3.8) is 0 Å². The van der Waals surface area contributed by atoms with E-state index >= 15 is 0 Å². The molecule has 0 heterocycles. The van der Waals surface area contributed by atoms with Gasteiger partial charge in [-0.1, -0.05) is 36.8 Å². The molecule has 0 aliphatic heterocycles. The SMILES string of the molecule is CC(C)c1ccc(SS)cc1. The summed E-state index contributed by atoms with van der Waals surface area (Å²) in [5, 5.41) is 0. The fraction of sp³-hybridized carbons (Fsp3) is 0.333. The van der Waals surface area contributed by atoms with Crippen LogP contribution < -0.4 is 0 Å². The Morgan fingerprint density at radius 3 is 2.09 bits per heavy atom. The molecule has 1 aromatic carbocycles. The van der Waals surface area contributed by atoms with Crippen molar-refractivity contribution in [2.45, 2.75) is 24.7 Å². The monoisotopic (exact) mass is 184 g/mol. The molecular formula is C9H12S2. The summed E-state index contributed by atoms with van der Waals surface area (Å²) < 4.78 is 0. The van der Waals surface area contributed by atoms with Crippen molar-refractivity contribution in [1.29, 1.82) is 0 Å². The van der Waals surface area contributed by atoms with Gasteiger partial charge < -0.3 is 0 Å². The van der Waals surface area contributed by atoms with Gasteiger partial charge in [0, 0.05) is 4.90 Å². The topological polar surface area (TPSA) is 0 Å². The van der Waals surface area contributed by atoms with Crippen molar-refractivity contribution in [1.82, 2.24) is 0 Å². The van der Waals surface area contributed by atoms with Crippen LogP contribution in [0.15, 0.2) is 29.2 Å². The standard InChI is InChI=1S/C9H12S2/c1-7(2)8-3-5-9(11-10)6-4-8/h3-7,10H,1-2H3. The minimum absolute atomic E-state index is 0.619. The lowest BCUT2D eigenvalue weighted by Gasteiger charge is -2.04. The molecule has 0 amide bonds. The van der Waals surface area contributed by atoms with E-state index in [4.69, 9.17) is 0 Å². The van der Waals surface area contributed by atoms with Crippen molar-refractivity contribution >= 4 is 22.5 Å². The molecule has 0 bridgehead atoms. The Morgan fingerprint density at radius 1 is 1.18 bits per heavy atom. The number of rotatable bonds is 2. The zero-order chi connectivity index (χ0) is 8.27. The average Bonchev–Trinajstić information content (AvgIpc) is 2.05. The highest BCUT2D eigenvalue weighted by atomic mass is 33.1. The van der Waals surface area contributed by atoms with Crippen LogP contribution in [0.1, 0.15) is 25.3 Å². The second-order valence-corrected chi connectivity index (χ2v) is 4.02. The van der Waals surface area contributed by atoms with Gasteiger partial charge in [0.05, 0.1) is 0 Å². The Kier molecular flexibility index (Phi) is 3.34. The highest BCUT2D eigenvalue weighted by molar-refractivity contribution is 8.68. The Morgan fingerprint density at radius 2 is 1.73 bits per heavy atom. The van der Waals surface area contributed by atoms with Crippen LogP contribution in [0.2, 0.25) is 0 Å². The minimum atomic E-state index is 0.619. The van der Waals surface area contributed by atoms with E-state index in [9.17, 15) is 0 Å². The number of benzene rings is 1. The molecule has 1 rings (SSSR count). The summed E-state index contributed by atoms with van der Waals surface area (Å²) in [7, 11) is 1.48. The first-order valence-corrected chi connectivity index (χ1v) is 5.52. The van der Waals surface area contributed by atoms with E-state index < -0.39 is 0 Å². The summed E-state index contributed by atoms with van der Waals surface area (Å²) in [5.41, 5.74) is 1.39. The zero-order valence-corrected chi connectivity index (χ0v) is 8.45. The molecule has 0 saturated carbocycles. The fourth-order valence-electron chi connectivity index (χ4n) is 0.914. The van der Waals surface area contributed by atoms with Gasteiger partial charge in [0.15, 0.2) is 0 Å². The van der Waals surface area contributed by atoms with E-state index in [1.54, 1.807) is 0 Å². The van der Waals surface area contributed by atoms with Gasteiger partial charge in [-0.05, 0) is 23.6 Å². The highest BCUT2D eigenvalue weighted by Crippen LogP contribution is 2.23. The van der Waals surface area contributed by atoms with Gasteiger partial charge in [-0.2, -0.15) is 0 Å². The Labute approximate surface area is 77.2 Å². The summed E-state index contributed by atoms with van der Waals surface area (Å²) in [6.45, 7) is 4.39. The van der Waals surface area contributed by atoms with Gasteiger partial charge in [0.2, 0.25) is 0 Å². The largest absolute Gasteiger partial charge is 0.106 e. The van der Waals surface area contributed by atoms with Crippen LogP contribution in [-0.4, -0.2) is 0 Å². The first kappa shape index (κ1) is 9.01. The molecule has 0 spiro atoms. The predicted molar refractivity (Wildman–Crippen MR) is 55.4 cm³/mol. The Bertz CT molecular complexity index is 214. The third kappa shape index (κ3) is 2.46. The molecule has 60 valence electrons. The van der Waals surface area contributed by atoms with Gasteiger partial charge in [-0.15, -0.1) is 11.7 Å². The lowest BCUT2D eigenvalue weighted by molar-refractivity contribution is 0.865. The summed E-state index contributed by atoms with van der Waals surface area (Å²) in [6.07, 6.45) is 0.